The Balaban J connectivity index is 1.81. The van der Waals surface area contributed by atoms with E-state index in [4.69, 9.17) is 5.11 Å². The quantitative estimate of drug-likeness (QED) is 0.749. The highest BCUT2D eigenvalue weighted by atomic mass is 16.4. The molecule has 14 heavy (non-hydrogen) atoms. The number of rotatable bonds is 3. The highest BCUT2D eigenvalue weighted by Crippen LogP contribution is 2.86. The Morgan fingerprint density at radius 3 is 2.29 bits per heavy atom. The summed E-state index contributed by atoms with van der Waals surface area (Å²) in [6.45, 7) is 4.74. The van der Waals surface area contributed by atoms with E-state index >= 15 is 0 Å². The standard InChI is InChI=1S/C12H18O2/c1-11(4-3-10(13)14)7-5-8-9(6-7)12(8,11)2/h7-9H,3-6H2,1-2H3,(H,13,14)/t7?,8-,9?,11+,12?/m1/s1. The fraction of sp³-hybridized carbons (Fsp3) is 0.917. The smallest absolute Gasteiger partial charge is 0.303 e. The Bertz CT molecular complexity index is 297. The Labute approximate surface area is 84.7 Å². The van der Waals surface area contributed by atoms with E-state index in [9.17, 15) is 4.79 Å². The first-order valence-corrected chi connectivity index (χ1v) is 5.72. The van der Waals surface area contributed by atoms with Crippen LogP contribution in [0.1, 0.15) is 39.5 Å². The molecule has 0 spiro atoms. The average molecular weight is 194 g/mol. The van der Waals surface area contributed by atoms with E-state index in [-0.39, 0.29) is 0 Å². The van der Waals surface area contributed by atoms with Crippen LogP contribution in [0.25, 0.3) is 0 Å². The largest absolute Gasteiger partial charge is 0.481 e. The van der Waals surface area contributed by atoms with Crippen LogP contribution in [0.2, 0.25) is 0 Å². The van der Waals surface area contributed by atoms with Crippen molar-refractivity contribution in [3.63, 3.8) is 0 Å². The van der Waals surface area contributed by atoms with Crippen LogP contribution in [0.4, 0.5) is 0 Å². The molecule has 3 unspecified atom stereocenters. The van der Waals surface area contributed by atoms with Crippen LogP contribution in [0, 0.1) is 28.6 Å². The molecule has 5 atom stereocenters. The predicted octanol–water partition coefficient (Wildman–Crippen LogP) is 2.53. The van der Waals surface area contributed by atoms with Gasteiger partial charge in [0.2, 0.25) is 0 Å². The molecule has 0 heterocycles. The van der Waals surface area contributed by atoms with Crippen molar-refractivity contribution in [1.82, 2.24) is 0 Å². The molecular formula is C12H18O2. The number of aliphatic carboxylic acids is 1. The molecule has 0 aromatic rings. The molecule has 1 N–H and O–H groups in total. The highest BCUT2D eigenvalue weighted by Gasteiger charge is 2.80. The van der Waals surface area contributed by atoms with E-state index in [1.165, 1.54) is 12.8 Å². The predicted molar refractivity (Wildman–Crippen MR) is 52.8 cm³/mol. The normalized spacial score (nSPS) is 57.7. The lowest BCUT2D eigenvalue weighted by Gasteiger charge is -2.33. The SMILES string of the molecule is CC12C3CC(C[C@H]31)[C@]2(C)CCC(=O)O. The zero-order valence-corrected chi connectivity index (χ0v) is 8.92. The molecule has 4 aliphatic rings. The van der Waals surface area contributed by atoms with Gasteiger partial charge in [-0.1, -0.05) is 13.8 Å². The molecule has 0 aromatic heterocycles. The second-order valence-corrected chi connectivity index (χ2v) is 5.98. The van der Waals surface area contributed by atoms with Crippen LogP contribution in [-0.4, -0.2) is 11.1 Å². The van der Waals surface area contributed by atoms with Gasteiger partial charge in [0, 0.05) is 6.42 Å². The Morgan fingerprint density at radius 2 is 1.93 bits per heavy atom. The number of hydrogen-bond donors (Lipinski definition) is 1. The van der Waals surface area contributed by atoms with Crippen LogP contribution in [0.3, 0.4) is 0 Å². The summed E-state index contributed by atoms with van der Waals surface area (Å²) in [7, 11) is 0. The second kappa shape index (κ2) is 2.17. The van der Waals surface area contributed by atoms with Crippen molar-refractivity contribution >= 4 is 5.97 Å². The van der Waals surface area contributed by atoms with Gasteiger partial charge in [-0.05, 0) is 47.8 Å². The molecular weight excluding hydrogens is 176 g/mol. The van der Waals surface area contributed by atoms with Crippen molar-refractivity contribution in [2.45, 2.75) is 39.5 Å². The lowest BCUT2D eigenvalue weighted by molar-refractivity contribution is -0.138. The first-order chi connectivity index (χ1) is 6.50. The summed E-state index contributed by atoms with van der Waals surface area (Å²) in [6, 6.07) is 0. The van der Waals surface area contributed by atoms with E-state index in [2.05, 4.69) is 13.8 Å². The molecule has 4 saturated carbocycles. The molecule has 4 fully saturated rings. The summed E-state index contributed by atoms with van der Waals surface area (Å²) < 4.78 is 0. The molecule has 4 rings (SSSR count). The van der Waals surface area contributed by atoms with E-state index in [1.807, 2.05) is 0 Å². The number of carboxylic acid groups (broad SMARTS) is 1. The van der Waals surface area contributed by atoms with Crippen molar-refractivity contribution in [1.29, 1.82) is 0 Å². The number of carboxylic acids is 1. The lowest BCUT2D eigenvalue weighted by Crippen LogP contribution is -2.27. The third-order valence-electron chi connectivity index (χ3n) is 5.98. The van der Waals surface area contributed by atoms with Gasteiger partial charge in [0.1, 0.15) is 0 Å². The van der Waals surface area contributed by atoms with Gasteiger partial charge in [-0.15, -0.1) is 0 Å². The van der Waals surface area contributed by atoms with Crippen molar-refractivity contribution in [3.8, 4) is 0 Å². The van der Waals surface area contributed by atoms with Crippen LogP contribution in [0.5, 0.6) is 0 Å². The maximum absolute atomic E-state index is 10.6. The summed E-state index contributed by atoms with van der Waals surface area (Å²) >= 11 is 0. The van der Waals surface area contributed by atoms with Crippen molar-refractivity contribution in [2.75, 3.05) is 0 Å². The number of carbonyl (C=O) groups is 1. The van der Waals surface area contributed by atoms with Gasteiger partial charge in [0.05, 0.1) is 0 Å². The molecule has 4 bridgehead atoms. The van der Waals surface area contributed by atoms with Gasteiger partial charge >= 0.3 is 5.97 Å². The third kappa shape index (κ3) is 0.697. The van der Waals surface area contributed by atoms with E-state index in [0.29, 0.717) is 17.3 Å². The molecule has 0 aromatic carbocycles. The van der Waals surface area contributed by atoms with Crippen molar-refractivity contribution in [2.24, 2.45) is 28.6 Å². The van der Waals surface area contributed by atoms with E-state index in [1.54, 1.807) is 0 Å². The van der Waals surface area contributed by atoms with Gasteiger partial charge in [-0.25, -0.2) is 0 Å². The zero-order chi connectivity index (χ0) is 10.1. The van der Waals surface area contributed by atoms with Gasteiger partial charge in [0.25, 0.3) is 0 Å². The molecule has 4 aliphatic carbocycles. The molecule has 0 radical (unpaired) electrons. The summed E-state index contributed by atoms with van der Waals surface area (Å²) in [4.78, 5) is 10.6. The first-order valence-electron chi connectivity index (χ1n) is 5.72. The van der Waals surface area contributed by atoms with Gasteiger partial charge in [-0.2, -0.15) is 0 Å². The highest BCUT2D eigenvalue weighted by molar-refractivity contribution is 5.66. The molecule has 78 valence electrons. The van der Waals surface area contributed by atoms with E-state index < -0.39 is 5.97 Å². The summed E-state index contributed by atoms with van der Waals surface area (Å²) in [5.41, 5.74) is 0.869. The first kappa shape index (κ1) is 8.75. The Hall–Kier alpha value is -0.530. The minimum absolute atomic E-state index is 0.348. The van der Waals surface area contributed by atoms with Crippen molar-refractivity contribution < 1.29 is 9.90 Å². The molecule has 2 nitrogen and oxygen atoms in total. The monoisotopic (exact) mass is 194 g/mol. The molecule has 0 aliphatic heterocycles. The minimum atomic E-state index is -0.629. The minimum Gasteiger partial charge on any atom is -0.481 e. The van der Waals surface area contributed by atoms with Crippen molar-refractivity contribution in [3.05, 3.63) is 0 Å². The third-order valence-corrected chi connectivity index (χ3v) is 5.98. The lowest BCUT2D eigenvalue weighted by atomic mass is 9.71. The average Bonchev–Trinajstić information content (AvgIpc) is 2.54. The van der Waals surface area contributed by atoms with Crippen LogP contribution in [0.15, 0.2) is 0 Å². The Kier molecular flexibility index (Phi) is 1.36. The molecule has 0 amide bonds. The van der Waals surface area contributed by atoms with Crippen LogP contribution >= 0.6 is 0 Å². The van der Waals surface area contributed by atoms with Gasteiger partial charge in [0.15, 0.2) is 0 Å². The fourth-order valence-electron chi connectivity index (χ4n) is 4.87. The summed E-state index contributed by atoms with van der Waals surface area (Å²) in [5.74, 6) is 2.11. The van der Waals surface area contributed by atoms with Gasteiger partial charge < -0.3 is 5.11 Å². The number of hydrogen-bond acceptors (Lipinski definition) is 1. The fourth-order valence-corrected chi connectivity index (χ4v) is 4.87. The second-order valence-electron chi connectivity index (χ2n) is 5.98. The topological polar surface area (TPSA) is 37.3 Å². The van der Waals surface area contributed by atoms with E-state index in [0.717, 1.165) is 24.2 Å². The molecule has 2 heteroatoms. The Morgan fingerprint density at radius 1 is 1.36 bits per heavy atom. The maximum atomic E-state index is 10.6. The van der Waals surface area contributed by atoms with Crippen LogP contribution in [-0.2, 0) is 4.79 Å². The summed E-state index contributed by atoms with van der Waals surface area (Å²) in [5, 5.41) is 8.77. The van der Waals surface area contributed by atoms with Crippen LogP contribution < -0.4 is 0 Å². The maximum Gasteiger partial charge on any atom is 0.303 e. The van der Waals surface area contributed by atoms with Gasteiger partial charge in [-0.3, -0.25) is 4.79 Å². The molecule has 0 saturated heterocycles. The summed E-state index contributed by atoms with van der Waals surface area (Å²) in [6.07, 6.45) is 4.03. The zero-order valence-electron chi connectivity index (χ0n) is 8.92.